The molecule has 0 spiro atoms. The van der Waals surface area contributed by atoms with Crippen molar-refractivity contribution in [1.29, 1.82) is 0 Å². The summed E-state index contributed by atoms with van der Waals surface area (Å²) in [5, 5.41) is 2.33. The Labute approximate surface area is 392 Å². The van der Waals surface area contributed by atoms with Crippen LogP contribution >= 0.6 is 0 Å². The second kappa shape index (κ2) is 13.8. The molecule has 330 valence electrons. The molecule has 0 fully saturated rings. The Kier molecular flexibility index (Phi) is 8.65. The number of benzene rings is 7. The summed E-state index contributed by atoms with van der Waals surface area (Å²) in [6, 6.07) is 45.0. The highest BCUT2D eigenvalue weighted by Gasteiger charge is 2.48. The van der Waals surface area contributed by atoms with Gasteiger partial charge in [0.2, 0.25) is 0 Å². The smallest absolute Gasteiger partial charge is 0.252 e. The third-order valence-electron chi connectivity index (χ3n) is 17.0. The summed E-state index contributed by atoms with van der Waals surface area (Å²) in [6.07, 6.45) is 4.68. The first-order chi connectivity index (χ1) is 31.3. The third kappa shape index (κ3) is 5.82. The van der Waals surface area contributed by atoms with Crippen LogP contribution < -0.4 is 26.2 Å². The Morgan fingerprint density at radius 2 is 1.06 bits per heavy atom. The van der Waals surface area contributed by atoms with E-state index in [1.807, 2.05) is 0 Å². The van der Waals surface area contributed by atoms with Crippen LogP contribution in [0, 0.1) is 27.7 Å². The number of rotatable bonds is 3. The van der Waals surface area contributed by atoms with Crippen LogP contribution in [0.25, 0.3) is 33.1 Å². The molecule has 2 aliphatic carbocycles. The standard InChI is InChI=1S/C62H63BN2O/c1-36-29-38(3)55(39(4)30-36)40-31-51-57-52(32-40)65(49-19-15-13-17-37(49)2)58-47(23-24-54-56(58)42-18-14-16-20-53(42)66-54)63(57)48-34-45-46(62(11,12)28-27-61(45,9)10)35-50(48)64(51)41-21-22-43-44(33-41)60(7,8)26-25-59(43,5)6/h13-24,29-35H,25-28H2,1-12H3. The Hall–Kier alpha value is -6.00. The molecule has 0 unspecified atom stereocenters. The van der Waals surface area contributed by atoms with Gasteiger partial charge in [0, 0.05) is 33.8 Å². The summed E-state index contributed by atoms with van der Waals surface area (Å²) in [5.41, 5.74) is 27.3. The number of anilines is 6. The molecule has 3 nitrogen and oxygen atoms in total. The van der Waals surface area contributed by atoms with Crippen molar-refractivity contribution in [2.75, 3.05) is 9.80 Å². The van der Waals surface area contributed by atoms with E-state index in [0.717, 1.165) is 29.4 Å². The van der Waals surface area contributed by atoms with Crippen molar-refractivity contribution < 1.29 is 4.42 Å². The molecule has 1 aromatic heterocycles. The molecule has 4 heteroatoms. The van der Waals surface area contributed by atoms with E-state index in [2.05, 4.69) is 208 Å². The zero-order valence-corrected chi connectivity index (χ0v) is 41.2. The highest BCUT2D eigenvalue weighted by atomic mass is 16.3. The fraction of sp³-hybridized carbons (Fsp3) is 0.323. The van der Waals surface area contributed by atoms with Crippen LogP contribution in [0.15, 0.2) is 120 Å². The minimum absolute atomic E-state index is 0.0250. The Bertz CT molecular complexity index is 3370. The molecule has 0 radical (unpaired) electrons. The van der Waals surface area contributed by atoms with Crippen LogP contribution in [0.1, 0.15) is 126 Å². The average Bonchev–Trinajstić information content (AvgIpc) is 3.65. The minimum Gasteiger partial charge on any atom is -0.456 e. The van der Waals surface area contributed by atoms with E-state index in [1.54, 1.807) is 0 Å². The maximum Gasteiger partial charge on any atom is 0.252 e. The average molecular weight is 863 g/mol. The van der Waals surface area contributed by atoms with Gasteiger partial charge >= 0.3 is 0 Å². The lowest BCUT2D eigenvalue weighted by molar-refractivity contribution is 0.332. The first kappa shape index (κ1) is 41.4. The van der Waals surface area contributed by atoms with Gasteiger partial charge in [0.15, 0.2) is 0 Å². The van der Waals surface area contributed by atoms with Gasteiger partial charge in [-0.3, -0.25) is 0 Å². The van der Waals surface area contributed by atoms with Gasteiger partial charge in [-0.2, -0.15) is 0 Å². The van der Waals surface area contributed by atoms with Crippen LogP contribution in [-0.4, -0.2) is 6.71 Å². The van der Waals surface area contributed by atoms with Gasteiger partial charge in [-0.25, -0.2) is 0 Å². The SMILES string of the molecule is Cc1cc(C)c(-c2cc3c4c(c2)N(c2ccccc2C)c2c(ccc5oc6ccccc6c25)B4c2cc4c(cc2N3c2ccc3c(c2)C(C)(C)CCC3(C)C)C(C)(C)CCC4(C)C)c(C)c1. The van der Waals surface area contributed by atoms with Gasteiger partial charge in [-0.15, -0.1) is 0 Å². The molecule has 0 bridgehead atoms. The molecule has 0 atom stereocenters. The van der Waals surface area contributed by atoms with Crippen molar-refractivity contribution in [1.82, 2.24) is 0 Å². The third-order valence-corrected chi connectivity index (χ3v) is 17.0. The number of hydrogen-bond acceptors (Lipinski definition) is 3. The number of fused-ring (bicyclic) bond motifs is 10. The topological polar surface area (TPSA) is 19.6 Å². The van der Waals surface area contributed by atoms with Crippen molar-refractivity contribution in [2.24, 2.45) is 0 Å². The second-order valence-corrected chi connectivity index (χ2v) is 23.3. The van der Waals surface area contributed by atoms with E-state index >= 15 is 0 Å². The molecule has 0 saturated carbocycles. The van der Waals surface area contributed by atoms with Crippen molar-refractivity contribution in [3.8, 4) is 11.1 Å². The summed E-state index contributed by atoms with van der Waals surface area (Å²) in [5.74, 6) is 0. The molecule has 0 N–H and O–H groups in total. The maximum absolute atomic E-state index is 6.77. The van der Waals surface area contributed by atoms with Gasteiger partial charge in [0.25, 0.3) is 6.71 Å². The normalized spacial score (nSPS) is 18.2. The molecule has 2 aliphatic heterocycles. The second-order valence-electron chi connectivity index (χ2n) is 23.3. The van der Waals surface area contributed by atoms with E-state index in [-0.39, 0.29) is 28.4 Å². The van der Waals surface area contributed by atoms with Gasteiger partial charge in [0.1, 0.15) is 11.2 Å². The lowest BCUT2D eigenvalue weighted by Gasteiger charge is -2.48. The number of para-hydroxylation sites is 2. The molecule has 12 rings (SSSR count). The molecule has 7 aromatic carbocycles. The zero-order valence-electron chi connectivity index (χ0n) is 41.2. The predicted octanol–water partition coefficient (Wildman–Crippen LogP) is 15.3. The summed E-state index contributed by atoms with van der Waals surface area (Å²) < 4.78 is 6.77. The molecule has 3 heterocycles. The van der Waals surface area contributed by atoms with Crippen LogP contribution in [0.4, 0.5) is 34.1 Å². The van der Waals surface area contributed by atoms with Crippen LogP contribution in [-0.2, 0) is 21.7 Å². The van der Waals surface area contributed by atoms with Crippen molar-refractivity contribution >= 4 is 79.2 Å². The quantitative estimate of drug-likeness (QED) is 0.165. The summed E-state index contributed by atoms with van der Waals surface area (Å²) in [6.45, 7) is 28.8. The van der Waals surface area contributed by atoms with Crippen molar-refractivity contribution in [3.05, 3.63) is 160 Å². The monoisotopic (exact) mass is 863 g/mol. The van der Waals surface area contributed by atoms with E-state index < -0.39 is 0 Å². The van der Waals surface area contributed by atoms with E-state index in [1.165, 1.54) is 124 Å². The minimum atomic E-state index is -0.0250. The Morgan fingerprint density at radius 3 is 1.74 bits per heavy atom. The van der Waals surface area contributed by atoms with Crippen LogP contribution in [0.2, 0.25) is 0 Å². The largest absolute Gasteiger partial charge is 0.456 e. The highest BCUT2D eigenvalue weighted by Crippen LogP contribution is 2.54. The molecule has 66 heavy (non-hydrogen) atoms. The van der Waals surface area contributed by atoms with E-state index in [4.69, 9.17) is 4.42 Å². The van der Waals surface area contributed by atoms with Gasteiger partial charge < -0.3 is 14.2 Å². The molecule has 8 aromatic rings. The lowest BCUT2D eigenvalue weighted by atomic mass is 9.33. The Morgan fingerprint density at radius 1 is 0.470 bits per heavy atom. The lowest BCUT2D eigenvalue weighted by Crippen LogP contribution is -2.62. The number of aryl methyl sites for hydroxylation is 4. The summed E-state index contributed by atoms with van der Waals surface area (Å²) in [4.78, 5) is 5.33. The zero-order chi connectivity index (χ0) is 46.0. The fourth-order valence-electron chi connectivity index (χ4n) is 13.2. The predicted molar refractivity (Wildman–Crippen MR) is 283 cm³/mol. The van der Waals surface area contributed by atoms with E-state index in [9.17, 15) is 0 Å². The molecular weight excluding hydrogens is 800 g/mol. The first-order valence-electron chi connectivity index (χ1n) is 24.5. The van der Waals surface area contributed by atoms with Crippen molar-refractivity contribution in [3.63, 3.8) is 0 Å². The summed E-state index contributed by atoms with van der Waals surface area (Å²) in [7, 11) is 0. The van der Waals surface area contributed by atoms with Gasteiger partial charge in [-0.1, -0.05) is 128 Å². The summed E-state index contributed by atoms with van der Waals surface area (Å²) >= 11 is 0. The van der Waals surface area contributed by atoms with Gasteiger partial charge in [0.05, 0.1) is 11.1 Å². The van der Waals surface area contributed by atoms with Crippen molar-refractivity contribution in [2.45, 2.75) is 130 Å². The molecule has 0 saturated heterocycles. The molecule has 0 amide bonds. The number of nitrogens with zero attached hydrogens (tertiary/aromatic N) is 2. The van der Waals surface area contributed by atoms with E-state index in [0.29, 0.717) is 0 Å². The maximum atomic E-state index is 6.77. The highest BCUT2D eigenvalue weighted by molar-refractivity contribution is 7.00. The molecular formula is C62H63BN2O. The van der Waals surface area contributed by atoms with Crippen LogP contribution in [0.3, 0.4) is 0 Å². The number of hydrogen-bond donors (Lipinski definition) is 0. The Balaban J connectivity index is 1.28. The molecule has 4 aliphatic rings. The first-order valence-corrected chi connectivity index (χ1v) is 24.5. The fourth-order valence-corrected chi connectivity index (χ4v) is 13.2. The number of furan rings is 1. The van der Waals surface area contributed by atoms with Gasteiger partial charge in [-0.05, 0) is 190 Å². The van der Waals surface area contributed by atoms with Crippen LogP contribution in [0.5, 0.6) is 0 Å².